The number of halogens is 1. The second-order valence-electron chi connectivity index (χ2n) is 5.46. The first-order valence-electron chi connectivity index (χ1n) is 8.57. The lowest BCUT2D eigenvalue weighted by Crippen LogP contribution is -2.31. The van der Waals surface area contributed by atoms with E-state index >= 15 is 0 Å². The Balaban J connectivity index is 1.99. The zero-order valence-electron chi connectivity index (χ0n) is 15.2. The van der Waals surface area contributed by atoms with E-state index in [9.17, 15) is 9.59 Å². The molecule has 0 saturated carbocycles. The van der Waals surface area contributed by atoms with Crippen molar-refractivity contribution in [3.05, 3.63) is 63.7 Å². The lowest BCUT2D eigenvalue weighted by Gasteiger charge is -2.17. The van der Waals surface area contributed by atoms with Crippen LogP contribution in [0.25, 0.3) is 6.08 Å². The number of nitrogens with zero attached hydrogens (tertiary/aromatic N) is 2. The van der Waals surface area contributed by atoms with E-state index in [0.29, 0.717) is 18.2 Å². The van der Waals surface area contributed by atoms with Gasteiger partial charge in [0, 0.05) is 30.5 Å². The first kappa shape index (κ1) is 20.8. The summed E-state index contributed by atoms with van der Waals surface area (Å²) >= 11 is 5.82. The predicted molar refractivity (Wildman–Crippen MR) is 105 cm³/mol. The van der Waals surface area contributed by atoms with Crippen molar-refractivity contribution in [2.24, 2.45) is 0 Å². The highest BCUT2D eigenvalue weighted by Crippen LogP contribution is 2.10. The average Bonchev–Trinajstić information content (AvgIpc) is 2.64. The van der Waals surface area contributed by atoms with Crippen LogP contribution in [0.4, 0.5) is 5.82 Å². The van der Waals surface area contributed by atoms with Crippen LogP contribution in [-0.4, -0.2) is 35.0 Å². The molecule has 1 N–H and O–H groups in total. The maximum absolute atomic E-state index is 12.1. The summed E-state index contributed by atoms with van der Waals surface area (Å²) in [6.07, 6.45) is 4.01. The van der Waals surface area contributed by atoms with E-state index in [1.807, 2.05) is 13.8 Å². The Hall–Kier alpha value is -2.48. The van der Waals surface area contributed by atoms with E-state index in [-0.39, 0.29) is 12.4 Å². The number of nitrogens with one attached hydrogen (secondary N) is 1. The number of carbonyl (C=O) groups excluding carboxylic acids is 1. The third-order valence-electron chi connectivity index (χ3n) is 3.47. The van der Waals surface area contributed by atoms with E-state index in [1.165, 1.54) is 10.6 Å². The van der Waals surface area contributed by atoms with Crippen LogP contribution in [0.2, 0.25) is 5.02 Å². The molecule has 0 aliphatic carbocycles. The van der Waals surface area contributed by atoms with E-state index in [4.69, 9.17) is 21.1 Å². The molecule has 7 nitrogen and oxygen atoms in total. The van der Waals surface area contributed by atoms with Crippen LogP contribution in [0.3, 0.4) is 0 Å². The number of rotatable bonds is 9. The first-order chi connectivity index (χ1) is 13.0. The molecule has 2 rings (SSSR count). The van der Waals surface area contributed by atoms with Crippen molar-refractivity contribution in [3.63, 3.8) is 0 Å². The lowest BCUT2D eigenvalue weighted by molar-refractivity contribution is -0.144. The van der Waals surface area contributed by atoms with Crippen LogP contribution in [0.1, 0.15) is 19.4 Å². The van der Waals surface area contributed by atoms with Crippen molar-refractivity contribution in [2.75, 3.05) is 18.5 Å². The van der Waals surface area contributed by atoms with Crippen molar-refractivity contribution < 1.29 is 14.3 Å². The van der Waals surface area contributed by atoms with E-state index < -0.39 is 17.9 Å². The van der Waals surface area contributed by atoms with Gasteiger partial charge in [-0.05, 0) is 43.7 Å². The number of amides is 1. The molecule has 0 aliphatic rings. The topological polar surface area (TPSA) is 82.5 Å². The molecule has 0 aliphatic heterocycles. The van der Waals surface area contributed by atoms with Crippen LogP contribution in [-0.2, 0) is 20.8 Å². The molecule has 27 heavy (non-hydrogen) atoms. The van der Waals surface area contributed by atoms with Crippen LogP contribution >= 0.6 is 11.6 Å². The molecule has 0 atom stereocenters. The van der Waals surface area contributed by atoms with Crippen molar-refractivity contribution in [2.45, 2.75) is 26.7 Å². The molecule has 1 aromatic carbocycles. The van der Waals surface area contributed by atoms with Crippen LogP contribution in [0.5, 0.6) is 0 Å². The molecule has 0 spiro atoms. The molecule has 1 aromatic heterocycles. The highest BCUT2D eigenvalue weighted by molar-refractivity contribution is 6.30. The SMILES string of the molecule is CCOC(Cn1ccc(NC(=O)/C=C/c2ccc(Cl)cc2)nc1=O)OCC. The van der Waals surface area contributed by atoms with Crippen molar-refractivity contribution in [1.82, 2.24) is 9.55 Å². The van der Waals surface area contributed by atoms with E-state index in [2.05, 4.69) is 10.3 Å². The number of hydrogen-bond donors (Lipinski definition) is 1. The molecule has 8 heteroatoms. The zero-order valence-corrected chi connectivity index (χ0v) is 16.0. The molecule has 0 saturated heterocycles. The molecule has 0 radical (unpaired) electrons. The Morgan fingerprint density at radius 1 is 1.22 bits per heavy atom. The highest BCUT2D eigenvalue weighted by Gasteiger charge is 2.11. The summed E-state index contributed by atoms with van der Waals surface area (Å²) in [7, 11) is 0. The molecule has 144 valence electrons. The summed E-state index contributed by atoms with van der Waals surface area (Å²) in [6.45, 7) is 4.87. The fourth-order valence-electron chi connectivity index (χ4n) is 2.24. The second-order valence-corrected chi connectivity index (χ2v) is 5.90. The number of benzene rings is 1. The smallest absolute Gasteiger partial charge is 0.349 e. The number of anilines is 1. The Morgan fingerprint density at radius 2 is 1.89 bits per heavy atom. The van der Waals surface area contributed by atoms with Gasteiger partial charge in [-0.3, -0.25) is 9.36 Å². The molecule has 0 unspecified atom stereocenters. The normalized spacial score (nSPS) is 11.3. The summed E-state index contributed by atoms with van der Waals surface area (Å²) in [5, 5.41) is 3.18. The minimum Gasteiger partial charge on any atom is -0.351 e. The molecule has 1 heterocycles. The largest absolute Gasteiger partial charge is 0.351 e. The van der Waals surface area contributed by atoms with Crippen LogP contribution in [0, 0.1) is 0 Å². The monoisotopic (exact) mass is 391 g/mol. The van der Waals surface area contributed by atoms with Crippen LogP contribution in [0.15, 0.2) is 47.4 Å². The van der Waals surface area contributed by atoms with Crippen molar-refractivity contribution in [3.8, 4) is 0 Å². The molecular formula is C19H22ClN3O4. The maximum Gasteiger partial charge on any atom is 0.349 e. The molecule has 2 aromatic rings. The lowest BCUT2D eigenvalue weighted by atomic mass is 10.2. The Bertz CT molecular complexity index is 828. The van der Waals surface area contributed by atoms with E-state index in [0.717, 1.165) is 5.56 Å². The minimum atomic E-state index is -0.526. The number of hydrogen-bond acceptors (Lipinski definition) is 5. The summed E-state index contributed by atoms with van der Waals surface area (Å²) in [5.41, 5.74) is 0.328. The van der Waals surface area contributed by atoms with Crippen molar-refractivity contribution >= 4 is 29.4 Å². The Kier molecular flexibility index (Phi) is 8.19. The zero-order chi connectivity index (χ0) is 19.6. The molecule has 0 fully saturated rings. The quantitative estimate of drug-likeness (QED) is 0.525. The average molecular weight is 392 g/mol. The second kappa shape index (κ2) is 10.6. The van der Waals surface area contributed by atoms with Gasteiger partial charge in [0.2, 0.25) is 5.91 Å². The molecule has 1 amide bonds. The standard InChI is InChI=1S/C19H22ClN3O4/c1-3-26-18(27-4-2)13-23-12-11-16(22-19(23)25)21-17(24)10-7-14-5-8-15(20)9-6-14/h5-12,18H,3-4,13H2,1-2H3,(H,21,22,24,25)/b10-7+. The van der Waals surface area contributed by atoms with E-state index in [1.54, 1.807) is 42.6 Å². The third-order valence-corrected chi connectivity index (χ3v) is 3.73. The van der Waals surface area contributed by atoms with Crippen molar-refractivity contribution in [1.29, 1.82) is 0 Å². The van der Waals surface area contributed by atoms with Gasteiger partial charge in [0.15, 0.2) is 6.29 Å². The number of ether oxygens (including phenoxy) is 2. The Labute approximate surface area is 162 Å². The van der Waals surface area contributed by atoms with Gasteiger partial charge in [0.1, 0.15) is 5.82 Å². The van der Waals surface area contributed by atoms with Gasteiger partial charge in [-0.2, -0.15) is 4.98 Å². The van der Waals surface area contributed by atoms with Gasteiger partial charge < -0.3 is 14.8 Å². The maximum atomic E-state index is 12.1. The number of carbonyl (C=O) groups is 1. The minimum absolute atomic E-state index is 0.173. The number of aromatic nitrogens is 2. The highest BCUT2D eigenvalue weighted by atomic mass is 35.5. The van der Waals surface area contributed by atoms with Gasteiger partial charge in [0.25, 0.3) is 0 Å². The summed E-state index contributed by atoms with van der Waals surface area (Å²) in [4.78, 5) is 28.0. The third kappa shape index (κ3) is 6.97. The summed E-state index contributed by atoms with van der Waals surface area (Å²) in [6, 6.07) is 8.60. The summed E-state index contributed by atoms with van der Waals surface area (Å²) < 4.78 is 12.2. The Morgan fingerprint density at radius 3 is 2.48 bits per heavy atom. The first-order valence-corrected chi connectivity index (χ1v) is 8.95. The van der Waals surface area contributed by atoms with Gasteiger partial charge in [-0.1, -0.05) is 23.7 Å². The summed E-state index contributed by atoms with van der Waals surface area (Å²) in [5.74, 6) is -0.220. The van der Waals surface area contributed by atoms with Crippen LogP contribution < -0.4 is 11.0 Å². The van der Waals surface area contributed by atoms with Gasteiger partial charge in [0.05, 0.1) is 6.54 Å². The van der Waals surface area contributed by atoms with Gasteiger partial charge in [-0.25, -0.2) is 4.79 Å². The van der Waals surface area contributed by atoms with Gasteiger partial charge >= 0.3 is 5.69 Å². The molecule has 0 bridgehead atoms. The predicted octanol–water partition coefficient (Wildman–Crippen LogP) is 2.95. The fourth-order valence-corrected chi connectivity index (χ4v) is 2.36. The van der Waals surface area contributed by atoms with Gasteiger partial charge in [-0.15, -0.1) is 0 Å². The fraction of sp³-hybridized carbons (Fsp3) is 0.316. The molecular weight excluding hydrogens is 370 g/mol.